The topological polar surface area (TPSA) is 71.0 Å². The van der Waals surface area contributed by atoms with E-state index >= 15 is 0 Å². The predicted octanol–water partition coefficient (Wildman–Crippen LogP) is 4.59. The number of aryl methyl sites for hydroxylation is 3. The summed E-state index contributed by atoms with van der Waals surface area (Å²) in [4.78, 5) is 29.6. The minimum absolute atomic E-state index is 0.0126. The summed E-state index contributed by atoms with van der Waals surface area (Å²) >= 11 is 1.59. The average Bonchev–Trinajstić information content (AvgIpc) is 3.36. The molecule has 1 aliphatic heterocycles. The molecule has 3 heterocycles. The van der Waals surface area contributed by atoms with Gasteiger partial charge in [0.25, 0.3) is 0 Å². The number of nitrogens with one attached hydrogen (secondary N) is 1. The first-order chi connectivity index (χ1) is 14.1. The van der Waals surface area contributed by atoms with Gasteiger partial charge in [-0.1, -0.05) is 30.3 Å². The zero-order valence-corrected chi connectivity index (χ0v) is 17.6. The van der Waals surface area contributed by atoms with Crippen LogP contribution in [0, 0.1) is 13.8 Å². The van der Waals surface area contributed by atoms with Crippen LogP contribution in [0.4, 0.5) is 10.9 Å². The highest BCUT2D eigenvalue weighted by Gasteiger charge is 2.31. The van der Waals surface area contributed by atoms with Gasteiger partial charge in [0.15, 0.2) is 5.13 Å². The maximum absolute atomic E-state index is 12.9. The number of nitrogens with zero attached hydrogens (tertiary/aromatic N) is 4. The molecule has 1 aromatic carbocycles. The fourth-order valence-electron chi connectivity index (χ4n) is 3.76. The van der Waals surface area contributed by atoms with Gasteiger partial charge >= 0.3 is 0 Å². The van der Waals surface area contributed by atoms with E-state index in [4.69, 9.17) is 0 Å². The van der Waals surface area contributed by atoms with Crippen LogP contribution < -0.4 is 5.32 Å². The summed E-state index contributed by atoms with van der Waals surface area (Å²) in [5.41, 5.74) is 2.10. The molecule has 1 fully saturated rings. The third-order valence-corrected chi connectivity index (χ3v) is 5.93. The molecular formula is C22H25N5OS. The van der Waals surface area contributed by atoms with Crippen LogP contribution in [0.3, 0.4) is 0 Å². The first kappa shape index (κ1) is 19.5. The quantitative estimate of drug-likeness (QED) is 0.647. The molecule has 0 bridgehead atoms. The molecule has 0 saturated carbocycles. The number of anilines is 2. The monoisotopic (exact) mass is 407 g/mol. The van der Waals surface area contributed by atoms with Crippen LogP contribution in [-0.4, -0.2) is 32.3 Å². The zero-order chi connectivity index (χ0) is 20.2. The Morgan fingerprint density at radius 1 is 1.24 bits per heavy atom. The number of amides is 1. The van der Waals surface area contributed by atoms with Gasteiger partial charge in [0.05, 0.1) is 11.7 Å². The summed E-state index contributed by atoms with van der Waals surface area (Å²) < 4.78 is 0. The van der Waals surface area contributed by atoms with Crippen LogP contribution >= 0.6 is 11.3 Å². The van der Waals surface area contributed by atoms with Gasteiger partial charge in [-0.2, -0.15) is 0 Å². The van der Waals surface area contributed by atoms with Crippen molar-refractivity contribution in [3.05, 3.63) is 64.6 Å². The maximum Gasteiger partial charge on any atom is 0.223 e. The summed E-state index contributed by atoms with van der Waals surface area (Å²) in [5.74, 6) is 1.62. The van der Waals surface area contributed by atoms with E-state index in [2.05, 4.69) is 32.4 Å². The van der Waals surface area contributed by atoms with Gasteiger partial charge in [0, 0.05) is 30.1 Å². The lowest BCUT2D eigenvalue weighted by atomic mass is 10.1. The van der Waals surface area contributed by atoms with E-state index < -0.39 is 0 Å². The van der Waals surface area contributed by atoms with Crippen LogP contribution in [-0.2, 0) is 11.2 Å². The van der Waals surface area contributed by atoms with Gasteiger partial charge in [0.2, 0.25) is 5.91 Å². The largest absolute Gasteiger partial charge is 0.334 e. The summed E-state index contributed by atoms with van der Waals surface area (Å²) in [7, 11) is 0. The van der Waals surface area contributed by atoms with Crippen LogP contribution in [0.2, 0.25) is 0 Å². The number of aromatic nitrogens is 3. The van der Waals surface area contributed by atoms with Crippen molar-refractivity contribution in [2.75, 3.05) is 11.9 Å². The zero-order valence-electron chi connectivity index (χ0n) is 16.8. The van der Waals surface area contributed by atoms with E-state index in [0.29, 0.717) is 12.2 Å². The van der Waals surface area contributed by atoms with Crippen LogP contribution in [0.5, 0.6) is 0 Å². The normalized spacial score (nSPS) is 16.2. The number of hydrogen-bond donors (Lipinski definition) is 1. The lowest BCUT2D eigenvalue weighted by Crippen LogP contribution is -2.31. The van der Waals surface area contributed by atoms with E-state index in [1.54, 1.807) is 11.3 Å². The fraction of sp³-hybridized carbons (Fsp3) is 0.364. The molecule has 4 rings (SSSR count). The first-order valence-electron chi connectivity index (χ1n) is 9.97. The van der Waals surface area contributed by atoms with Gasteiger partial charge in [-0.05, 0) is 38.7 Å². The van der Waals surface area contributed by atoms with E-state index in [9.17, 15) is 4.79 Å². The molecule has 3 aromatic rings. The minimum Gasteiger partial charge on any atom is -0.334 e. The molecule has 1 saturated heterocycles. The van der Waals surface area contributed by atoms with Crippen molar-refractivity contribution < 1.29 is 4.79 Å². The molecule has 6 nitrogen and oxygen atoms in total. The van der Waals surface area contributed by atoms with Crippen molar-refractivity contribution in [1.82, 2.24) is 19.9 Å². The summed E-state index contributed by atoms with van der Waals surface area (Å²) in [6.45, 7) is 4.70. The highest BCUT2D eigenvalue weighted by molar-refractivity contribution is 7.15. The Labute approximate surface area is 175 Å². The summed E-state index contributed by atoms with van der Waals surface area (Å²) in [5, 5.41) is 4.09. The highest BCUT2D eigenvalue weighted by Crippen LogP contribution is 2.33. The molecule has 7 heteroatoms. The predicted molar refractivity (Wildman–Crippen MR) is 115 cm³/mol. The molecular weight excluding hydrogens is 382 g/mol. The Hall–Kier alpha value is -2.80. The highest BCUT2D eigenvalue weighted by atomic mass is 32.1. The van der Waals surface area contributed by atoms with Crippen LogP contribution in [0.1, 0.15) is 47.3 Å². The molecule has 1 atom stereocenters. The Bertz CT molecular complexity index is 988. The number of carbonyl (C=O) groups excluding carboxylic acids is 1. The lowest BCUT2D eigenvalue weighted by molar-refractivity contribution is -0.132. The number of hydrogen-bond acceptors (Lipinski definition) is 6. The smallest absolute Gasteiger partial charge is 0.223 e. The minimum atomic E-state index is 0.0126. The number of benzene rings is 1. The maximum atomic E-state index is 12.9. The van der Waals surface area contributed by atoms with Crippen LogP contribution in [0.25, 0.3) is 0 Å². The lowest BCUT2D eigenvalue weighted by Gasteiger charge is -2.25. The van der Waals surface area contributed by atoms with Crippen molar-refractivity contribution in [2.24, 2.45) is 0 Å². The van der Waals surface area contributed by atoms with E-state index in [0.717, 1.165) is 47.3 Å². The Kier molecular flexibility index (Phi) is 5.85. The standard InChI is InChI=1S/C22H25N5OS/c1-15-14-23-22(29-15)26-20-13-18(24-16(2)25-20)19-9-6-12-27(19)21(28)11-10-17-7-4-3-5-8-17/h3-5,7-8,13-14,19H,6,9-12H2,1-2H3,(H,23,24,25,26)/t19-/m0/s1. The van der Waals surface area contributed by atoms with E-state index in [1.807, 2.05) is 49.2 Å². The second kappa shape index (κ2) is 8.69. The van der Waals surface area contributed by atoms with E-state index in [1.165, 1.54) is 5.56 Å². The third-order valence-electron chi connectivity index (χ3n) is 5.10. The van der Waals surface area contributed by atoms with Gasteiger partial charge < -0.3 is 10.2 Å². The second-order valence-electron chi connectivity index (χ2n) is 7.36. The molecule has 0 unspecified atom stereocenters. The van der Waals surface area contributed by atoms with Crippen molar-refractivity contribution in [2.45, 2.75) is 45.6 Å². The molecule has 29 heavy (non-hydrogen) atoms. The SMILES string of the molecule is Cc1nc(Nc2ncc(C)s2)cc([C@@H]2CCCN2C(=O)CCc2ccccc2)n1. The fourth-order valence-corrected chi connectivity index (χ4v) is 4.43. The Morgan fingerprint density at radius 3 is 2.83 bits per heavy atom. The second-order valence-corrected chi connectivity index (χ2v) is 8.59. The summed E-state index contributed by atoms with van der Waals surface area (Å²) in [6.07, 6.45) is 5.06. The molecule has 1 N–H and O–H groups in total. The molecule has 0 aliphatic carbocycles. The first-order valence-corrected chi connectivity index (χ1v) is 10.8. The molecule has 0 spiro atoms. The van der Waals surface area contributed by atoms with Gasteiger partial charge in [-0.15, -0.1) is 11.3 Å². The van der Waals surface area contributed by atoms with E-state index in [-0.39, 0.29) is 11.9 Å². The van der Waals surface area contributed by atoms with Crippen molar-refractivity contribution in [3.63, 3.8) is 0 Å². The Morgan fingerprint density at radius 2 is 2.07 bits per heavy atom. The van der Waals surface area contributed by atoms with Gasteiger partial charge in [-0.25, -0.2) is 15.0 Å². The molecule has 1 aliphatic rings. The molecule has 2 aromatic heterocycles. The van der Waals surface area contributed by atoms with Gasteiger partial charge in [-0.3, -0.25) is 4.79 Å². The van der Waals surface area contributed by atoms with Crippen molar-refractivity contribution in [3.8, 4) is 0 Å². The average molecular weight is 408 g/mol. The third kappa shape index (κ3) is 4.79. The number of carbonyl (C=O) groups is 1. The summed E-state index contributed by atoms with van der Waals surface area (Å²) in [6, 6.07) is 12.1. The number of likely N-dealkylation sites (tertiary alicyclic amines) is 1. The molecule has 150 valence electrons. The number of rotatable bonds is 6. The van der Waals surface area contributed by atoms with Gasteiger partial charge in [0.1, 0.15) is 11.6 Å². The van der Waals surface area contributed by atoms with Crippen molar-refractivity contribution >= 4 is 28.2 Å². The molecule has 0 radical (unpaired) electrons. The van der Waals surface area contributed by atoms with Crippen LogP contribution in [0.15, 0.2) is 42.6 Å². The Balaban J connectivity index is 1.48. The van der Waals surface area contributed by atoms with Crippen molar-refractivity contribution in [1.29, 1.82) is 0 Å². The molecule has 1 amide bonds. The number of thiazole rings is 1.